The van der Waals surface area contributed by atoms with Gasteiger partial charge in [0, 0.05) is 11.6 Å². The zero-order valence-corrected chi connectivity index (χ0v) is 18.7. The summed E-state index contributed by atoms with van der Waals surface area (Å²) in [6.45, 7) is 4.87. The number of aromatic nitrogens is 3. The van der Waals surface area contributed by atoms with Gasteiger partial charge in [-0.1, -0.05) is 55.1 Å². The van der Waals surface area contributed by atoms with Gasteiger partial charge < -0.3 is 4.90 Å². The van der Waals surface area contributed by atoms with Crippen LogP contribution < -0.4 is 4.90 Å². The molecule has 0 N–H and O–H groups in total. The predicted molar refractivity (Wildman–Crippen MR) is 120 cm³/mol. The number of halogens is 3. The van der Waals surface area contributed by atoms with Crippen LogP contribution in [0.1, 0.15) is 50.0 Å². The molecule has 1 aliphatic carbocycles. The molecule has 1 saturated carbocycles. The molecule has 0 saturated heterocycles. The minimum absolute atomic E-state index is 0.0614. The zero-order chi connectivity index (χ0) is 21.3. The van der Waals surface area contributed by atoms with Crippen LogP contribution in [-0.2, 0) is 6.54 Å². The van der Waals surface area contributed by atoms with Crippen LogP contribution in [0.3, 0.4) is 0 Å². The van der Waals surface area contributed by atoms with Crippen LogP contribution >= 0.6 is 23.2 Å². The van der Waals surface area contributed by atoms with Crippen LogP contribution in [-0.4, -0.2) is 14.8 Å². The molecule has 30 heavy (non-hydrogen) atoms. The highest BCUT2D eigenvalue weighted by Gasteiger charge is 2.33. The van der Waals surface area contributed by atoms with E-state index in [1.807, 2.05) is 35.9 Å². The SMILES string of the molecule is CCCn1nc(N(c2ccc(Cl)cc2Cl)[C@@H](CC2CC2)c2ccc(F)cc2)nc1C. The Balaban J connectivity index is 1.85. The molecule has 4 nitrogen and oxygen atoms in total. The summed E-state index contributed by atoms with van der Waals surface area (Å²) in [4.78, 5) is 6.86. The summed E-state index contributed by atoms with van der Waals surface area (Å²) >= 11 is 12.8. The van der Waals surface area contributed by atoms with Gasteiger partial charge >= 0.3 is 0 Å². The molecular weight excluding hydrogens is 422 g/mol. The lowest BCUT2D eigenvalue weighted by molar-refractivity contribution is 0.559. The number of hydrogen-bond acceptors (Lipinski definition) is 3. The molecule has 1 fully saturated rings. The standard InChI is InChI=1S/C23H25Cl2FN4/c1-3-12-29-15(2)27-23(28-29)30(21-11-8-18(24)14-20(21)25)22(13-16-4-5-16)17-6-9-19(26)10-7-17/h6-11,14,16,22H,3-5,12-13H2,1-2H3/t22-/m0/s1. The van der Waals surface area contributed by atoms with Gasteiger partial charge in [0.05, 0.1) is 16.8 Å². The van der Waals surface area contributed by atoms with Crippen molar-refractivity contribution in [2.45, 2.75) is 52.1 Å². The van der Waals surface area contributed by atoms with Gasteiger partial charge in [0.25, 0.3) is 0 Å². The summed E-state index contributed by atoms with van der Waals surface area (Å²) in [5, 5.41) is 5.91. The normalized spacial score (nSPS) is 14.7. The van der Waals surface area contributed by atoms with Crippen molar-refractivity contribution >= 4 is 34.8 Å². The molecule has 7 heteroatoms. The van der Waals surface area contributed by atoms with Crippen LogP contribution in [0.5, 0.6) is 0 Å². The van der Waals surface area contributed by atoms with Crippen LogP contribution in [0, 0.1) is 18.7 Å². The van der Waals surface area contributed by atoms with Crippen LogP contribution in [0.4, 0.5) is 16.0 Å². The lowest BCUT2D eigenvalue weighted by Crippen LogP contribution is -2.26. The van der Waals surface area contributed by atoms with Gasteiger partial charge in [-0.25, -0.2) is 9.07 Å². The largest absolute Gasteiger partial charge is 0.300 e. The number of rotatable bonds is 8. The Hall–Kier alpha value is -2.11. The van der Waals surface area contributed by atoms with Gasteiger partial charge in [-0.15, -0.1) is 5.10 Å². The van der Waals surface area contributed by atoms with Gasteiger partial charge in [-0.2, -0.15) is 4.98 Å². The summed E-state index contributed by atoms with van der Waals surface area (Å²) in [6.07, 6.45) is 4.30. The highest BCUT2D eigenvalue weighted by molar-refractivity contribution is 6.36. The molecule has 158 valence electrons. The molecule has 3 aromatic rings. The Labute approximate surface area is 186 Å². The first-order valence-corrected chi connectivity index (χ1v) is 11.1. The third kappa shape index (κ3) is 4.62. The van der Waals surface area contributed by atoms with Gasteiger partial charge in [0.2, 0.25) is 5.95 Å². The van der Waals surface area contributed by atoms with Crippen molar-refractivity contribution in [3.8, 4) is 0 Å². The Bertz CT molecular complexity index is 1010. The van der Waals surface area contributed by atoms with E-state index in [4.69, 9.17) is 33.3 Å². The van der Waals surface area contributed by atoms with Crippen LogP contribution in [0.2, 0.25) is 10.0 Å². The average molecular weight is 447 g/mol. The number of anilines is 2. The van der Waals surface area contributed by atoms with E-state index in [0.717, 1.165) is 36.5 Å². The lowest BCUT2D eigenvalue weighted by Gasteiger charge is -2.32. The number of benzene rings is 2. The number of hydrogen-bond donors (Lipinski definition) is 0. The average Bonchev–Trinajstić information content (AvgIpc) is 3.46. The summed E-state index contributed by atoms with van der Waals surface area (Å²) in [5.41, 5.74) is 1.81. The van der Waals surface area contributed by atoms with Gasteiger partial charge in [0.15, 0.2) is 0 Å². The van der Waals surface area contributed by atoms with Gasteiger partial charge in [-0.3, -0.25) is 0 Å². The fourth-order valence-electron chi connectivity index (χ4n) is 3.77. The van der Waals surface area contributed by atoms with Crippen LogP contribution in [0.15, 0.2) is 42.5 Å². The first-order chi connectivity index (χ1) is 14.5. The van der Waals surface area contributed by atoms with Gasteiger partial charge in [0.1, 0.15) is 11.6 Å². The molecule has 4 rings (SSSR count). The lowest BCUT2D eigenvalue weighted by atomic mass is 9.98. The molecule has 0 unspecified atom stereocenters. The molecule has 0 spiro atoms. The van der Waals surface area contributed by atoms with E-state index >= 15 is 0 Å². The first kappa shape index (κ1) is 21.1. The monoisotopic (exact) mass is 446 g/mol. The molecule has 2 aromatic carbocycles. The fourth-order valence-corrected chi connectivity index (χ4v) is 4.27. The van der Waals surface area contributed by atoms with E-state index in [9.17, 15) is 4.39 Å². The molecule has 1 heterocycles. The maximum absolute atomic E-state index is 13.6. The third-order valence-electron chi connectivity index (χ3n) is 5.49. The molecule has 0 aliphatic heterocycles. The molecule has 1 aliphatic rings. The van der Waals surface area contributed by atoms with E-state index in [2.05, 4.69) is 11.8 Å². The maximum atomic E-state index is 13.6. The summed E-state index contributed by atoms with van der Waals surface area (Å²) in [5.74, 6) is 1.83. The van der Waals surface area contributed by atoms with Crippen molar-refractivity contribution in [3.63, 3.8) is 0 Å². The topological polar surface area (TPSA) is 34.0 Å². The van der Waals surface area contributed by atoms with Crippen molar-refractivity contribution in [1.29, 1.82) is 0 Å². The van der Waals surface area contributed by atoms with E-state index < -0.39 is 0 Å². The smallest absolute Gasteiger partial charge is 0.250 e. The number of aryl methyl sites for hydroxylation is 2. The third-order valence-corrected chi connectivity index (χ3v) is 6.02. The maximum Gasteiger partial charge on any atom is 0.250 e. The predicted octanol–water partition coefficient (Wildman–Crippen LogP) is 7.12. The Morgan fingerprint density at radius 2 is 1.90 bits per heavy atom. The zero-order valence-electron chi connectivity index (χ0n) is 17.2. The van der Waals surface area contributed by atoms with Crippen molar-refractivity contribution in [1.82, 2.24) is 14.8 Å². The van der Waals surface area contributed by atoms with E-state index in [1.54, 1.807) is 6.07 Å². The first-order valence-electron chi connectivity index (χ1n) is 10.4. The van der Waals surface area contributed by atoms with Crippen LogP contribution in [0.25, 0.3) is 0 Å². The minimum Gasteiger partial charge on any atom is -0.300 e. The van der Waals surface area contributed by atoms with E-state index in [0.29, 0.717) is 21.9 Å². The van der Waals surface area contributed by atoms with Crippen molar-refractivity contribution in [3.05, 3.63) is 69.7 Å². The van der Waals surface area contributed by atoms with Crippen molar-refractivity contribution in [2.75, 3.05) is 4.90 Å². The second-order valence-corrected chi connectivity index (χ2v) is 8.74. The Morgan fingerprint density at radius 3 is 2.53 bits per heavy atom. The molecular formula is C23H25Cl2FN4. The number of nitrogens with zero attached hydrogens (tertiary/aromatic N) is 4. The summed E-state index contributed by atoms with van der Waals surface area (Å²) < 4.78 is 15.6. The second kappa shape index (κ2) is 8.94. The van der Waals surface area contributed by atoms with Crippen molar-refractivity contribution in [2.24, 2.45) is 5.92 Å². The molecule has 0 amide bonds. The molecule has 0 radical (unpaired) electrons. The fraction of sp³-hybridized carbons (Fsp3) is 0.391. The Kier molecular flexibility index (Phi) is 6.30. The molecule has 1 atom stereocenters. The highest BCUT2D eigenvalue weighted by Crippen LogP contribution is 2.45. The van der Waals surface area contributed by atoms with Gasteiger partial charge in [-0.05, 0) is 61.6 Å². The van der Waals surface area contributed by atoms with Crippen molar-refractivity contribution < 1.29 is 4.39 Å². The van der Waals surface area contributed by atoms with E-state index in [-0.39, 0.29) is 11.9 Å². The van der Waals surface area contributed by atoms with E-state index in [1.165, 1.54) is 25.0 Å². The molecule has 1 aromatic heterocycles. The highest BCUT2D eigenvalue weighted by atomic mass is 35.5. The summed E-state index contributed by atoms with van der Waals surface area (Å²) in [7, 11) is 0. The second-order valence-electron chi connectivity index (χ2n) is 7.89. The quantitative estimate of drug-likeness (QED) is 0.369. The Morgan fingerprint density at radius 1 is 1.17 bits per heavy atom. The minimum atomic E-state index is -0.249. The summed E-state index contributed by atoms with van der Waals surface area (Å²) in [6, 6.07) is 12.1. The molecule has 0 bridgehead atoms.